The lowest BCUT2D eigenvalue weighted by Gasteiger charge is -2.32. The average molecular weight is 446 g/mol. The molecule has 1 atom stereocenters. The van der Waals surface area contributed by atoms with Gasteiger partial charge in [0.25, 0.3) is 0 Å². The van der Waals surface area contributed by atoms with Gasteiger partial charge in [-0.2, -0.15) is 9.57 Å². The molecule has 1 fully saturated rings. The summed E-state index contributed by atoms with van der Waals surface area (Å²) in [4.78, 5) is 4.42. The summed E-state index contributed by atoms with van der Waals surface area (Å²) in [5.74, 6) is 0.830. The zero-order valence-electron chi connectivity index (χ0n) is 17.7. The molecule has 1 unspecified atom stereocenters. The summed E-state index contributed by atoms with van der Waals surface area (Å²) < 4.78 is 27.7. The normalized spacial score (nSPS) is 15.4. The van der Waals surface area contributed by atoms with Crippen LogP contribution in [0.25, 0.3) is 11.1 Å². The zero-order valence-corrected chi connectivity index (χ0v) is 19.2. The third-order valence-corrected chi connectivity index (χ3v) is 7.72. The number of pyridine rings is 1. The van der Waals surface area contributed by atoms with Crippen molar-refractivity contribution in [1.82, 2.24) is 9.29 Å². The molecule has 0 saturated heterocycles. The Kier molecular flexibility index (Phi) is 7.18. The minimum absolute atomic E-state index is 0.0899. The molecule has 1 heterocycles. The quantitative estimate of drug-likeness (QED) is 0.516. The molecule has 160 valence electrons. The fraction of sp³-hybridized carbons (Fsp3) is 0.478. The molecule has 1 aliphatic carbocycles. The van der Waals surface area contributed by atoms with Crippen molar-refractivity contribution < 1.29 is 8.42 Å². The molecule has 1 aromatic heterocycles. The van der Waals surface area contributed by atoms with E-state index in [9.17, 15) is 8.42 Å². The Hall–Kier alpha value is -1.94. The van der Waals surface area contributed by atoms with Crippen molar-refractivity contribution in [2.24, 2.45) is 11.8 Å². The van der Waals surface area contributed by atoms with Crippen molar-refractivity contribution >= 4 is 21.6 Å². The predicted octanol–water partition coefficient (Wildman–Crippen LogP) is 5.42. The van der Waals surface area contributed by atoms with E-state index in [1.54, 1.807) is 35.8 Å². The third kappa shape index (κ3) is 5.21. The fourth-order valence-corrected chi connectivity index (χ4v) is 5.23. The van der Waals surface area contributed by atoms with Crippen molar-refractivity contribution in [3.8, 4) is 17.2 Å². The van der Waals surface area contributed by atoms with Crippen LogP contribution in [-0.2, 0) is 10.0 Å². The summed E-state index contributed by atoms with van der Waals surface area (Å²) in [7, 11) is -3.35. The summed E-state index contributed by atoms with van der Waals surface area (Å²) in [6.07, 6.45) is 6.40. The molecule has 1 saturated carbocycles. The lowest BCUT2D eigenvalue weighted by atomic mass is 9.99. The van der Waals surface area contributed by atoms with E-state index >= 15 is 0 Å². The maximum absolute atomic E-state index is 13.0. The van der Waals surface area contributed by atoms with Gasteiger partial charge in [-0.05, 0) is 67.3 Å². The largest absolute Gasteiger partial charge is 0.264 e. The first-order valence-corrected chi connectivity index (χ1v) is 12.4. The highest BCUT2D eigenvalue weighted by Crippen LogP contribution is 2.46. The lowest BCUT2D eigenvalue weighted by molar-refractivity contribution is 0.281. The Morgan fingerprint density at radius 2 is 1.97 bits per heavy atom. The van der Waals surface area contributed by atoms with Crippen LogP contribution in [0, 0.1) is 23.2 Å². The fourth-order valence-electron chi connectivity index (χ4n) is 3.65. The highest BCUT2D eigenvalue weighted by Gasteiger charge is 2.41. The van der Waals surface area contributed by atoms with Crippen LogP contribution in [0.4, 0.5) is 0 Å². The van der Waals surface area contributed by atoms with E-state index in [0.29, 0.717) is 29.0 Å². The van der Waals surface area contributed by atoms with Crippen LogP contribution in [0.1, 0.15) is 57.2 Å². The Balaban J connectivity index is 2.01. The SMILES string of the molecule is CCS(=O)(=O)N(CCC(C)C)C(c1cncc(-c2ccc(C#N)c(Cl)c2)c1)C1CC1. The lowest BCUT2D eigenvalue weighted by Crippen LogP contribution is -2.38. The van der Waals surface area contributed by atoms with Gasteiger partial charge in [-0.3, -0.25) is 4.98 Å². The highest BCUT2D eigenvalue weighted by molar-refractivity contribution is 7.89. The molecule has 30 heavy (non-hydrogen) atoms. The van der Waals surface area contributed by atoms with Crippen molar-refractivity contribution in [3.63, 3.8) is 0 Å². The summed E-state index contributed by atoms with van der Waals surface area (Å²) in [6.45, 7) is 6.44. The number of hydrogen-bond donors (Lipinski definition) is 0. The van der Waals surface area contributed by atoms with Crippen LogP contribution in [0.3, 0.4) is 0 Å². The minimum Gasteiger partial charge on any atom is -0.264 e. The van der Waals surface area contributed by atoms with Gasteiger partial charge >= 0.3 is 0 Å². The van der Waals surface area contributed by atoms with Gasteiger partial charge in [0, 0.05) is 24.5 Å². The molecular formula is C23H28ClN3O2S. The first-order valence-electron chi connectivity index (χ1n) is 10.4. The number of halogens is 1. The number of rotatable bonds is 9. The Labute approximate surface area is 184 Å². The van der Waals surface area contributed by atoms with E-state index in [4.69, 9.17) is 16.9 Å². The van der Waals surface area contributed by atoms with Gasteiger partial charge in [-0.15, -0.1) is 0 Å². The molecule has 1 aromatic carbocycles. The van der Waals surface area contributed by atoms with Gasteiger partial charge in [-0.1, -0.05) is 31.5 Å². The van der Waals surface area contributed by atoms with Crippen molar-refractivity contribution in [1.29, 1.82) is 5.26 Å². The topological polar surface area (TPSA) is 74.1 Å². The van der Waals surface area contributed by atoms with E-state index in [1.807, 2.05) is 12.1 Å². The van der Waals surface area contributed by atoms with Crippen LogP contribution in [0.15, 0.2) is 36.7 Å². The Morgan fingerprint density at radius 1 is 1.23 bits per heavy atom. The van der Waals surface area contributed by atoms with Gasteiger partial charge in [0.1, 0.15) is 6.07 Å². The molecule has 7 heteroatoms. The van der Waals surface area contributed by atoms with Gasteiger partial charge in [-0.25, -0.2) is 8.42 Å². The molecular weight excluding hydrogens is 418 g/mol. The predicted molar refractivity (Wildman–Crippen MR) is 120 cm³/mol. The summed E-state index contributed by atoms with van der Waals surface area (Å²) in [5, 5.41) is 9.50. The van der Waals surface area contributed by atoms with Crippen molar-refractivity contribution in [2.75, 3.05) is 12.3 Å². The van der Waals surface area contributed by atoms with Crippen LogP contribution >= 0.6 is 11.6 Å². The molecule has 0 amide bonds. The maximum atomic E-state index is 13.0. The van der Waals surface area contributed by atoms with Gasteiger partial charge in [0.05, 0.1) is 22.4 Å². The maximum Gasteiger partial charge on any atom is 0.214 e. The molecule has 0 radical (unpaired) electrons. The van der Waals surface area contributed by atoms with Crippen LogP contribution in [0.5, 0.6) is 0 Å². The van der Waals surface area contributed by atoms with Crippen LogP contribution < -0.4 is 0 Å². The van der Waals surface area contributed by atoms with Gasteiger partial charge < -0.3 is 0 Å². The summed E-state index contributed by atoms with van der Waals surface area (Å²) >= 11 is 6.21. The van der Waals surface area contributed by atoms with E-state index in [1.165, 1.54) is 0 Å². The van der Waals surface area contributed by atoms with Crippen LogP contribution in [-0.4, -0.2) is 30.0 Å². The Morgan fingerprint density at radius 3 is 2.53 bits per heavy atom. The second-order valence-electron chi connectivity index (χ2n) is 8.29. The van der Waals surface area contributed by atoms with Crippen molar-refractivity contribution in [3.05, 3.63) is 52.8 Å². The van der Waals surface area contributed by atoms with E-state index < -0.39 is 10.0 Å². The number of sulfonamides is 1. The van der Waals surface area contributed by atoms with Gasteiger partial charge in [0.2, 0.25) is 10.0 Å². The smallest absolute Gasteiger partial charge is 0.214 e. The number of hydrogen-bond acceptors (Lipinski definition) is 4. The first kappa shape index (κ1) is 22.7. The second-order valence-corrected chi connectivity index (χ2v) is 10.9. The van der Waals surface area contributed by atoms with Crippen molar-refractivity contribution in [2.45, 2.75) is 46.1 Å². The molecule has 3 rings (SSSR count). The molecule has 0 aliphatic heterocycles. The molecule has 5 nitrogen and oxygen atoms in total. The average Bonchev–Trinajstić information content (AvgIpc) is 3.55. The third-order valence-electron chi connectivity index (χ3n) is 5.55. The van der Waals surface area contributed by atoms with Crippen LogP contribution in [0.2, 0.25) is 5.02 Å². The monoisotopic (exact) mass is 445 g/mol. The molecule has 0 N–H and O–H groups in total. The summed E-state index contributed by atoms with van der Waals surface area (Å²) in [5.41, 5.74) is 3.06. The number of aromatic nitrogens is 1. The summed E-state index contributed by atoms with van der Waals surface area (Å²) in [6, 6.07) is 9.18. The molecule has 0 spiro atoms. The standard InChI is InChI=1S/C23H28ClN3O2S/c1-4-30(28,29)27(10-9-16(2)3)23(17-5-6-17)21-11-20(14-26-15-21)18-7-8-19(13-25)22(24)12-18/h7-8,11-12,14-17,23H,4-6,9-10H2,1-3H3. The van der Waals surface area contributed by atoms with E-state index in [2.05, 4.69) is 24.9 Å². The zero-order chi connectivity index (χ0) is 21.9. The first-order chi connectivity index (χ1) is 14.3. The number of nitrogens with zero attached hydrogens (tertiary/aromatic N) is 3. The Bertz CT molecular complexity index is 1040. The minimum atomic E-state index is -3.35. The van der Waals surface area contributed by atoms with E-state index in [-0.39, 0.29) is 11.8 Å². The second kappa shape index (κ2) is 9.47. The molecule has 0 bridgehead atoms. The van der Waals surface area contributed by atoms with Gasteiger partial charge in [0.15, 0.2) is 0 Å². The van der Waals surface area contributed by atoms with E-state index in [0.717, 1.165) is 36.0 Å². The number of benzene rings is 1. The highest BCUT2D eigenvalue weighted by atomic mass is 35.5. The molecule has 1 aliphatic rings. The number of nitriles is 1. The molecule has 2 aromatic rings.